The molecule has 3 saturated carbocycles. The van der Waals surface area contributed by atoms with Gasteiger partial charge in [-0.05, 0) is 124 Å². The number of hydrogen-bond acceptors (Lipinski definition) is 3. The zero-order valence-electron chi connectivity index (χ0n) is 20.6. The number of rotatable bonds is 2. The SMILES string of the molecule is C[C@]12CC[C@H](C3CCCCO3)CC1=C[C@@H](O)C1C2CC[C@@]2(C)C1CC[C@@H]2C1CCCCO1. The van der Waals surface area contributed by atoms with Gasteiger partial charge in [0.05, 0.1) is 18.3 Å². The van der Waals surface area contributed by atoms with E-state index in [2.05, 4.69) is 19.9 Å². The predicted octanol–water partition coefficient (Wildman–Crippen LogP) is 6.29. The largest absolute Gasteiger partial charge is 0.389 e. The van der Waals surface area contributed by atoms with Crippen molar-refractivity contribution in [3.05, 3.63) is 11.6 Å². The van der Waals surface area contributed by atoms with Crippen molar-refractivity contribution in [2.75, 3.05) is 13.2 Å². The Kier molecular flexibility index (Phi) is 5.79. The minimum atomic E-state index is -0.246. The molecule has 32 heavy (non-hydrogen) atoms. The molecule has 5 fully saturated rings. The molecule has 6 aliphatic rings. The monoisotopic (exact) mass is 442 g/mol. The second kappa shape index (κ2) is 8.38. The molecule has 5 unspecified atom stereocenters. The first-order valence-corrected chi connectivity index (χ1v) is 14.1. The predicted molar refractivity (Wildman–Crippen MR) is 127 cm³/mol. The molecule has 0 aromatic heterocycles. The van der Waals surface area contributed by atoms with E-state index >= 15 is 0 Å². The lowest BCUT2D eigenvalue weighted by Crippen LogP contribution is -2.55. The standard InChI is InChI=1S/C29H46O3/c1-28-13-11-19(25-7-3-5-15-31-25)17-20(28)18-24(30)27-22-10-9-21(26-8-4-6-16-32-26)29(22,2)14-12-23(27)28/h18-19,21-27,30H,3-17H2,1-2H3/t19-,21+,22?,23?,24+,25?,26?,27?,28-,29+/m0/s1. The molecule has 0 radical (unpaired) electrons. The lowest BCUT2D eigenvalue weighted by Gasteiger charge is -2.60. The number of ether oxygens (including phenoxy) is 2. The van der Waals surface area contributed by atoms with Gasteiger partial charge in [-0.25, -0.2) is 0 Å². The smallest absolute Gasteiger partial charge is 0.0757 e. The molecule has 0 aromatic rings. The van der Waals surface area contributed by atoms with Gasteiger partial charge in [0.1, 0.15) is 0 Å². The van der Waals surface area contributed by atoms with Crippen LogP contribution in [0.1, 0.15) is 97.3 Å². The Morgan fingerprint density at radius 3 is 2.22 bits per heavy atom. The van der Waals surface area contributed by atoms with Crippen molar-refractivity contribution < 1.29 is 14.6 Å². The van der Waals surface area contributed by atoms with Gasteiger partial charge >= 0.3 is 0 Å². The highest BCUT2D eigenvalue weighted by Crippen LogP contribution is 2.67. The van der Waals surface area contributed by atoms with E-state index in [9.17, 15) is 5.11 Å². The molecule has 6 rings (SSSR count). The van der Waals surface area contributed by atoms with Crippen LogP contribution in [0.4, 0.5) is 0 Å². The molecule has 0 spiro atoms. The van der Waals surface area contributed by atoms with E-state index in [1.807, 2.05) is 0 Å². The third kappa shape index (κ3) is 3.39. The van der Waals surface area contributed by atoms with Crippen LogP contribution in [0.15, 0.2) is 11.6 Å². The van der Waals surface area contributed by atoms with Crippen LogP contribution in [0, 0.1) is 40.4 Å². The van der Waals surface area contributed by atoms with Crippen LogP contribution in [-0.4, -0.2) is 36.6 Å². The molecule has 3 heteroatoms. The summed E-state index contributed by atoms with van der Waals surface area (Å²) in [5.74, 6) is 3.17. The molecule has 180 valence electrons. The fourth-order valence-corrected chi connectivity index (χ4v) is 9.87. The quantitative estimate of drug-likeness (QED) is 0.511. The van der Waals surface area contributed by atoms with Gasteiger partial charge in [0, 0.05) is 13.2 Å². The topological polar surface area (TPSA) is 38.7 Å². The lowest BCUT2D eigenvalue weighted by atomic mass is 9.46. The van der Waals surface area contributed by atoms with E-state index < -0.39 is 0 Å². The van der Waals surface area contributed by atoms with Gasteiger partial charge in [0.2, 0.25) is 0 Å². The number of aliphatic hydroxyl groups is 1. The third-order valence-corrected chi connectivity index (χ3v) is 11.6. The maximum Gasteiger partial charge on any atom is 0.0757 e. The van der Waals surface area contributed by atoms with Crippen LogP contribution in [0.5, 0.6) is 0 Å². The van der Waals surface area contributed by atoms with Gasteiger partial charge in [-0.15, -0.1) is 0 Å². The highest BCUT2D eigenvalue weighted by molar-refractivity contribution is 5.28. The van der Waals surface area contributed by atoms with Crippen LogP contribution in [0.2, 0.25) is 0 Å². The molecule has 10 atom stereocenters. The summed E-state index contributed by atoms with van der Waals surface area (Å²) >= 11 is 0. The van der Waals surface area contributed by atoms with E-state index in [0.29, 0.717) is 52.6 Å². The molecular formula is C29H46O3. The number of fused-ring (bicyclic) bond motifs is 5. The average Bonchev–Trinajstić information content (AvgIpc) is 3.17. The molecule has 2 saturated heterocycles. The summed E-state index contributed by atoms with van der Waals surface area (Å²) in [5.41, 5.74) is 2.25. The normalized spacial score (nSPS) is 53.7. The van der Waals surface area contributed by atoms with Gasteiger partial charge in [-0.3, -0.25) is 0 Å². The molecule has 3 nitrogen and oxygen atoms in total. The summed E-state index contributed by atoms with van der Waals surface area (Å²) in [4.78, 5) is 0. The number of allylic oxidation sites excluding steroid dienone is 1. The van der Waals surface area contributed by atoms with E-state index in [0.717, 1.165) is 13.2 Å². The Bertz CT molecular complexity index is 720. The third-order valence-electron chi connectivity index (χ3n) is 11.6. The van der Waals surface area contributed by atoms with E-state index in [1.54, 1.807) is 5.57 Å². The number of hydrogen-bond donors (Lipinski definition) is 1. The van der Waals surface area contributed by atoms with Gasteiger partial charge in [-0.2, -0.15) is 0 Å². The zero-order chi connectivity index (χ0) is 21.9. The van der Waals surface area contributed by atoms with Gasteiger partial charge in [-0.1, -0.05) is 25.5 Å². The summed E-state index contributed by atoms with van der Waals surface area (Å²) in [6.07, 6.45) is 19.7. The Balaban J connectivity index is 1.24. The molecule has 2 aliphatic heterocycles. The van der Waals surface area contributed by atoms with Crippen LogP contribution in [-0.2, 0) is 9.47 Å². The van der Waals surface area contributed by atoms with E-state index in [-0.39, 0.29) is 6.10 Å². The van der Waals surface area contributed by atoms with Crippen LogP contribution >= 0.6 is 0 Å². The molecule has 2 heterocycles. The van der Waals surface area contributed by atoms with E-state index in [1.165, 1.54) is 83.5 Å². The van der Waals surface area contributed by atoms with Crippen molar-refractivity contribution in [3.63, 3.8) is 0 Å². The zero-order valence-corrected chi connectivity index (χ0v) is 20.6. The van der Waals surface area contributed by atoms with Gasteiger partial charge in [0.15, 0.2) is 0 Å². The fourth-order valence-electron chi connectivity index (χ4n) is 9.87. The summed E-state index contributed by atoms with van der Waals surface area (Å²) in [6.45, 7) is 7.07. The number of aliphatic hydroxyl groups excluding tert-OH is 1. The summed E-state index contributed by atoms with van der Waals surface area (Å²) < 4.78 is 12.5. The molecule has 0 bridgehead atoms. The Labute approximate surface area is 195 Å². The first-order chi connectivity index (χ1) is 15.5. The highest BCUT2D eigenvalue weighted by atomic mass is 16.5. The average molecular weight is 443 g/mol. The maximum atomic E-state index is 11.6. The second-order valence-corrected chi connectivity index (χ2v) is 12.9. The van der Waals surface area contributed by atoms with Crippen molar-refractivity contribution >= 4 is 0 Å². The first-order valence-electron chi connectivity index (χ1n) is 14.1. The minimum absolute atomic E-state index is 0.246. The lowest BCUT2D eigenvalue weighted by molar-refractivity contribution is -0.120. The summed E-state index contributed by atoms with van der Waals surface area (Å²) in [6, 6.07) is 0. The molecule has 0 amide bonds. The van der Waals surface area contributed by atoms with Gasteiger partial charge in [0.25, 0.3) is 0 Å². The van der Waals surface area contributed by atoms with Crippen LogP contribution in [0.25, 0.3) is 0 Å². The molecule has 1 N–H and O–H groups in total. The molecule has 0 aromatic carbocycles. The summed E-state index contributed by atoms with van der Waals surface area (Å²) in [7, 11) is 0. The van der Waals surface area contributed by atoms with Crippen molar-refractivity contribution in [1.29, 1.82) is 0 Å². The summed E-state index contributed by atoms with van der Waals surface area (Å²) in [5, 5.41) is 11.6. The van der Waals surface area contributed by atoms with Gasteiger partial charge < -0.3 is 14.6 Å². The van der Waals surface area contributed by atoms with E-state index in [4.69, 9.17) is 9.47 Å². The fraction of sp³-hybridized carbons (Fsp3) is 0.931. The first kappa shape index (κ1) is 22.1. The second-order valence-electron chi connectivity index (χ2n) is 12.9. The van der Waals surface area contributed by atoms with Crippen molar-refractivity contribution in [2.24, 2.45) is 40.4 Å². The Morgan fingerprint density at radius 2 is 1.50 bits per heavy atom. The minimum Gasteiger partial charge on any atom is -0.389 e. The molecular weight excluding hydrogens is 396 g/mol. The van der Waals surface area contributed by atoms with Crippen LogP contribution < -0.4 is 0 Å². The van der Waals surface area contributed by atoms with Crippen LogP contribution in [0.3, 0.4) is 0 Å². The van der Waals surface area contributed by atoms with Crippen molar-refractivity contribution in [1.82, 2.24) is 0 Å². The Morgan fingerprint density at radius 1 is 0.781 bits per heavy atom. The van der Waals surface area contributed by atoms with Crippen molar-refractivity contribution in [2.45, 2.75) is 116 Å². The molecule has 4 aliphatic carbocycles. The maximum absolute atomic E-state index is 11.6. The highest BCUT2D eigenvalue weighted by Gasteiger charge is 2.61. The Hall–Kier alpha value is -0.380. The van der Waals surface area contributed by atoms with Crippen molar-refractivity contribution in [3.8, 4) is 0 Å².